The molecule has 3 heteroatoms. The summed E-state index contributed by atoms with van der Waals surface area (Å²) >= 11 is 5.89. The zero-order valence-corrected chi connectivity index (χ0v) is 8.69. The van der Waals surface area contributed by atoms with Gasteiger partial charge in [-0.25, -0.2) is 0 Å². The second kappa shape index (κ2) is 4.38. The van der Waals surface area contributed by atoms with Gasteiger partial charge in [-0.05, 0) is 31.0 Å². The monoisotopic (exact) mass is 199 g/mol. The first-order chi connectivity index (χ1) is 6.15. The molecule has 72 valence electrons. The summed E-state index contributed by atoms with van der Waals surface area (Å²) in [7, 11) is 0. The Balaban J connectivity index is 2.92. The number of rotatable bonds is 3. The maximum Gasteiger partial charge on any atom is 0.143 e. The molecule has 0 spiro atoms. The number of hydrogen-bond acceptors (Lipinski definition) is 2. The van der Waals surface area contributed by atoms with Crippen molar-refractivity contribution in [2.75, 3.05) is 12.3 Å². The fourth-order valence-electron chi connectivity index (χ4n) is 1.05. The van der Waals surface area contributed by atoms with Crippen LogP contribution in [0.2, 0.25) is 5.02 Å². The number of hydrogen-bond donors (Lipinski definition) is 1. The third kappa shape index (κ3) is 2.52. The molecule has 0 saturated heterocycles. The Hall–Kier alpha value is -0.890. The molecule has 0 amide bonds. The van der Waals surface area contributed by atoms with Crippen molar-refractivity contribution in [3.63, 3.8) is 0 Å². The van der Waals surface area contributed by atoms with Gasteiger partial charge in [0.2, 0.25) is 0 Å². The molecule has 0 aliphatic rings. The summed E-state index contributed by atoms with van der Waals surface area (Å²) in [6.45, 7) is 4.68. The highest BCUT2D eigenvalue weighted by molar-refractivity contribution is 6.33. The molecule has 0 bridgehead atoms. The highest BCUT2D eigenvalue weighted by Gasteiger charge is 2.05. The lowest BCUT2D eigenvalue weighted by molar-refractivity contribution is 0.319. The minimum absolute atomic E-state index is 0.528. The van der Waals surface area contributed by atoms with Crippen LogP contribution < -0.4 is 10.5 Å². The smallest absolute Gasteiger partial charge is 0.143 e. The van der Waals surface area contributed by atoms with Crippen molar-refractivity contribution in [1.29, 1.82) is 0 Å². The van der Waals surface area contributed by atoms with E-state index >= 15 is 0 Å². The number of aryl methyl sites for hydroxylation is 1. The van der Waals surface area contributed by atoms with E-state index in [1.54, 1.807) is 0 Å². The Morgan fingerprint density at radius 2 is 2.15 bits per heavy atom. The van der Waals surface area contributed by atoms with E-state index < -0.39 is 0 Å². The van der Waals surface area contributed by atoms with Gasteiger partial charge in [0, 0.05) is 0 Å². The van der Waals surface area contributed by atoms with Crippen LogP contribution in [0.4, 0.5) is 5.69 Å². The number of benzene rings is 1. The Bertz CT molecular complexity index is 299. The Kier molecular flexibility index (Phi) is 3.43. The Morgan fingerprint density at radius 3 is 2.77 bits per heavy atom. The fraction of sp³-hybridized carbons (Fsp3) is 0.400. The quantitative estimate of drug-likeness (QED) is 0.760. The van der Waals surface area contributed by atoms with Gasteiger partial charge in [0.25, 0.3) is 0 Å². The first-order valence-corrected chi connectivity index (χ1v) is 4.71. The molecule has 1 aromatic carbocycles. The zero-order chi connectivity index (χ0) is 9.84. The normalized spacial score (nSPS) is 10.1. The molecule has 0 aromatic heterocycles. The van der Waals surface area contributed by atoms with Gasteiger partial charge in [-0.1, -0.05) is 18.5 Å². The van der Waals surface area contributed by atoms with Gasteiger partial charge in [0.15, 0.2) is 0 Å². The molecule has 2 N–H and O–H groups in total. The first kappa shape index (κ1) is 10.2. The summed E-state index contributed by atoms with van der Waals surface area (Å²) in [5.74, 6) is 0.687. The minimum atomic E-state index is 0.528. The van der Waals surface area contributed by atoms with Crippen molar-refractivity contribution in [2.24, 2.45) is 0 Å². The van der Waals surface area contributed by atoms with Crippen LogP contribution in [0.15, 0.2) is 12.1 Å². The molecule has 1 aromatic rings. The highest BCUT2D eigenvalue weighted by Crippen LogP contribution is 2.30. The van der Waals surface area contributed by atoms with Gasteiger partial charge in [0.1, 0.15) is 5.75 Å². The molecular formula is C10H14ClNO. The Morgan fingerprint density at radius 1 is 1.46 bits per heavy atom. The van der Waals surface area contributed by atoms with E-state index in [-0.39, 0.29) is 0 Å². The fourth-order valence-corrected chi connectivity index (χ4v) is 1.32. The van der Waals surface area contributed by atoms with Gasteiger partial charge in [-0.2, -0.15) is 0 Å². The predicted molar refractivity (Wildman–Crippen MR) is 56.4 cm³/mol. The number of ether oxygens (including phenoxy) is 1. The average molecular weight is 200 g/mol. The van der Waals surface area contributed by atoms with Crippen molar-refractivity contribution >= 4 is 17.3 Å². The van der Waals surface area contributed by atoms with Crippen LogP contribution in [-0.2, 0) is 0 Å². The third-order valence-electron chi connectivity index (χ3n) is 1.70. The number of nitrogens with two attached hydrogens (primary N) is 1. The van der Waals surface area contributed by atoms with Crippen molar-refractivity contribution in [2.45, 2.75) is 20.3 Å². The Labute approximate surface area is 83.6 Å². The maximum atomic E-state index is 5.89. The lowest BCUT2D eigenvalue weighted by Gasteiger charge is -2.09. The lowest BCUT2D eigenvalue weighted by atomic mass is 10.2. The molecule has 0 heterocycles. The van der Waals surface area contributed by atoms with E-state index in [1.807, 2.05) is 26.0 Å². The molecule has 0 saturated carbocycles. The number of halogens is 1. The largest absolute Gasteiger partial charge is 0.491 e. The molecule has 0 aliphatic carbocycles. The van der Waals surface area contributed by atoms with Crippen LogP contribution in [-0.4, -0.2) is 6.61 Å². The van der Waals surface area contributed by atoms with Crippen molar-refractivity contribution in [3.05, 3.63) is 22.7 Å². The van der Waals surface area contributed by atoms with Gasteiger partial charge >= 0.3 is 0 Å². The summed E-state index contributed by atoms with van der Waals surface area (Å²) in [4.78, 5) is 0. The molecule has 0 aliphatic heterocycles. The molecular weight excluding hydrogens is 186 g/mol. The van der Waals surface area contributed by atoms with Crippen molar-refractivity contribution in [1.82, 2.24) is 0 Å². The first-order valence-electron chi connectivity index (χ1n) is 4.33. The average Bonchev–Trinajstić information content (AvgIpc) is 2.09. The molecule has 0 unspecified atom stereocenters. The van der Waals surface area contributed by atoms with Crippen LogP contribution in [0.5, 0.6) is 5.75 Å². The van der Waals surface area contributed by atoms with Crippen LogP contribution in [0.3, 0.4) is 0 Å². The minimum Gasteiger partial charge on any atom is -0.491 e. The maximum absolute atomic E-state index is 5.89. The lowest BCUT2D eigenvalue weighted by Crippen LogP contribution is -1.99. The number of anilines is 1. The van der Waals surface area contributed by atoms with Crippen LogP contribution in [0, 0.1) is 6.92 Å². The molecule has 1 rings (SSSR count). The van der Waals surface area contributed by atoms with E-state index in [1.165, 1.54) is 0 Å². The molecule has 2 nitrogen and oxygen atoms in total. The van der Waals surface area contributed by atoms with Crippen molar-refractivity contribution in [3.8, 4) is 5.75 Å². The molecule has 0 radical (unpaired) electrons. The van der Waals surface area contributed by atoms with Gasteiger partial charge in [0.05, 0.1) is 17.3 Å². The SMILES string of the molecule is CCCOc1cc(C)cc(Cl)c1N. The molecule has 0 atom stereocenters. The number of nitrogen functional groups attached to an aromatic ring is 1. The molecule has 0 fully saturated rings. The van der Waals surface area contributed by atoms with Gasteiger partial charge in [-0.15, -0.1) is 0 Å². The second-order valence-electron chi connectivity index (χ2n) is 3.01. The summed E-state index contributed by atoms with van der Waals surface area (Å²) in [6.07, 6.45) is 0.963. The van der Waals surface area contributed by atoms with E-state index in [0.29, 0.717) is 23.1 Å². The van der Waals surface area contributed by atoms with Crippen LogP contribution in [0.1, 0.15) is 18.9 Å². The van der Waals surface area contributed by atoms with Crippen molar-refractivity contribution < 1.29 is 4.74 Å². The zero-order valence-electron chi connectivity index (χ0n) is 7.93. The van der Waals surface area contributed by atoms with E-state index in [0.717, 1.165) is 12.0 Å². The summed E-state index contributed by atoms with van der Waals surface area (Å²) < 4.78 is 5.44. The summed E-state index contributed by atoms with van der Waals surface area (Å²) in [5, 5.41) is 0.561. The van der Waals surface area contributed by atoms with Gasteiger partial charge in [-0.3, -0.25) is 0 Å². The van der Waals surface area contributed by atoms with E-state index in [4.69, 9.17) is 22.1 Å². The second-order valence-corrected chi connectivity index (χ2v) is 3.41. The summed E-state index contributed by atoms with van der Waals surface area (Å²) in [5.41, 5.74) is 7.32. The predicted octanol–water partition coefficient (Wildman–Crippen LogP) is 3.02. The topological polar surface area (TPSA) is 35.2 Å². The third-order valence-corrected chi connectivity index (χ3v) is 2.01. The molecule has 13 heavy (non-hydrogen) atoms. The van der Waals surface area contributed by atoms with Gasteiger partial charge < -0.3 is 10.5 Å². The summed E-state index contributed by atoms with van der Waals surface area (Å²) in [6, 6.07) is 3.73. The highest BCUT2D eigenvalue weighted by atomic mass is 35.5. The standard InChI is InChI=1S/C10H14ClNO/c1-3-4-13-9-6-7(2)5-8(11)10(9)12/h5-6H,3-4,12H2,1-2H3. The van der Waals surface area contributed by atoms with E-state index in [2.05, 4.69) is 0 Å². The van der Waals surface area contributed by atoms with Crippen LogP contribution >= 0.6 is 11.6 Å². The van der Waals surface area contributed by atoms with Crippen LogP contribution in [0.25, 0.3) is 0 Å². The van der Waals surface area contributed by atoms with E-state index in [9.17, 15) is 0 Å².